The number of aryl methyl sites for hydroxylation is 1. The number of piperidine rings is 1. The highest BCUT2D eigenvalue weighted by atomic mass is 19.3. The number of carbonyl (C=O) groups excluding carboxylic acids is 1. The third-order valence-corrected chi connectivity index (χ3v) is 3.59. The van der Waals surface area contributed by atoms with Crippen LogP contribution in [0.5, 0.6) is 0 Å². The third kappa shape index (κ3) is 4.00. The smallest absolute Gasteiger partial charge is 0.256 e. The molecule has 20 heavy (non-hydrogen) atoms. The minimum Gasteiger partial charge on any atom is -0.343 e. The Bertz CT molecular complexity index is 441. The van der Waals surface area contributed by atoms with Gasteiger partial charge in [-0.05, 0) is 12.8 Å². The Morgan fingerprint density at radius 1 is 1.45 bits per heavy atom. The van der Waals surface area contributed by atoms with Crippen LogP contribution < -0.4 is 5.73 Å². The molecule has 2 N–H and O–H groups in total. The topological polar surface area (TPSA) is 64.2 Å². The molecular formula is C13H20F2N4O. The quantitative estimate of drug-likeness (QED) is 0.879. The number of amides is 1. The number of carbonyl (C=O) groups is 1. The molecule has 1 aromatic rings. The van der Waals surface area contributed by atoms with Crippen molar-refractivity contribution in [3.05, 3.63) is 18.2 Å². The van der Waals surface area contributed by atoms with E-state index in [1.807, 2.05) is 0 Å². The Labute approximate surface area is 116 Å². The Morgan fingerprint density at radius 3 is 2.80 bits per heavy atom. The summed E-state index contributed by atoms with van der Waals surface area (Å²) in [5.74, 6) is 0.579. The van der Waals surface area contributed by atoms with Crippen LogP contribution in [0.15, 0.2) is 12.4 Å². The van der Waals surface area contributed by atoms with E-state index < -0.39 is 6.43 Å². The summed E-state index contributed by atoms with van der Waals surface area (Å²) in [7, 11) is 0. The first-order valence-corrected chi connectivity index (χ1v) is 6.87. The summed E-state index contributed by atoms with van der Waals surface area (Å²) in [5, 5.41) is 0. The molecule has 0 bridgehead atoms. The Kier molecular flexibility index (Phi) is 5.05. The highest BCUT2D eigenvalue weighted by Crippen LogP contribution is 2.11. The van der Waals surface area contributed by atoms with Gasteiger partial charge in [-0.2, -0.15) is 0 Å². The maximum Gasteiger partial charge on any atom is 0.256 e. The molecular weight excluding hydrogens is 266 g/mol. The summed E-state index contributed by atoms with van der Waals surface area (Å²) < 4.78 is 26.1. The van der Waals surface area contributed by atoms with Crippen LogP contribution in [0.1, 0.15) is 25.1 Å². The van der Waals surface area contributed by atoms with Gasteiger partial charge in [-0.15, -0.1) is 0 Å². The van der Waals surface area contributed by atoms with E-state index in [1.165, 1.54) is 17.0 Å². The molecule has 0 aromatic carbocycles. The second-order valence-electron chi connectivity index (χ2n) is 5.11. The van der Waals surface area contributed by atoms with Crippen molar-refractivity contribution in [1.82, 2.24) is 14.5 Å². The van der Waals surface area contributed by atoms with Crippen molar-refractivity contribution < 1.29 is 13.6 Å². The number of hydrogen-bond acceptors (Lipinski definition) is 3. The van der Waals surface area contributed by atoms with Crippen molar-refractivity contribution in [3.63, 3.8) is 0 Å². The monoisotopic (exact) mass is 286 g/mol. The molecule has 0 spiro atoms. The van der Waals surface area contributed by atoms with Crippen LogP contribution in [0.3, 0.4) is 0 Å². The number of hydrogen-bond donors (Lipinski definition) is 1. The van der Waals surface area contributed by atoms with Crippen LogP contribution in [-0.2, 0) is 17.8 Å². The predicted octanol–water partition coefficient (Wildman–Crippen LogP) is 1.03. The number of likely N-dealkylation sites (tertiary alicyclic amines) is 1. The number of alkyl halides is 2. The van der Waals surface area contributed by atoms with Crippen LogP contribution in [0.4, 0.5) is 8.78 Å². The molecule has 1 fully saturated rings. The summed E-state index contributed by atoms with van der Waals surface area (Å²) in [4.78, 5) is 17.9. The van der Waals surface area contributed by atoms with E-state index in [2.05, 4.69) is 4.98 Å². The van der Waals surface area contributed by atoms with E-state index in [0.717, 1.165) is 12.8 Å². The number of nitrogens with two attached hydrogens (primary N) is 1. The molecule has 1 amide bonds. The van der Waals surface area contributed by atoms with Crippen LogP contribution in [0.25, 0.3) is 0 Å². The fourth-order valence-corrected chi connectivity index (χ4v) is 2.41. The number of imidazole rings is 1. The molecule has 0 aliphatic carbocycles. The second-order valence-corrected chi connectivity index (χ2v) is 5.11. The maximum atomic E-state index is 12.4. The van der Waals surface area contributed by atoms with Crippen molar-refractivity contribution in [2.24, 2.45) is 5.73 Å². The van der Waals surface area contributed by atoms with Gasteiger partial charge in [-0.3, -0.25) is 4.79 Å². The molecule has 2 rings (SSSR count). The minimum atomic E-state index is -2.41. The van der Waals surface area contributed by atoms with Crippen LogP contribution in [0.2, 0.25) is 0 Å². The van der Waals surface area contributed by atoms with Gasteiger partial charge in [-0.1, -0.05) is 0 Å². The van der Waals surface area contributed by atoms with Gasteiger partial charge < -0.3 is 15.2 Å². The first-order chi connectivity index (χ1) is 9.56. The number of rotatable bonds is 5. The zero-order chi connectivity index (χ0) is 14.5. The molecule has 1 aliphatic rings. The van der Waals surface area contributed by atoms with Gasteiger partial charge in [0, 0.05) is 44.4 Å². The second kappa shape index (κ2) is 6.78. The van der Waals surface area contributed by atoms with Gasteiger partial charge in [0.2, 0.25) is 5.91 Å². The molecule has 0 atom stereocenters. The first-order valence-electron chi connectivity index (χ1n) is 6.87. The molecule has 0 radical (unpaired) electrons. The average molecular weight is 286 g/mol. The fraction of sp³-hybridized carbons (Fsp3) is 0.692. The SMILES string of the molecule is NC1CCN(C(=O)CCc2nccn2CC(F)F)CC1. The molecule has 0 unspecified atom stereocenters. The van der Waals surface area contributed by atoms with Gasteiger partial charge in [0.1, 0.15) is 5.82 Å². The van der Waals surface area contributed by atoms with Gasteiger partial charge in [0.15, 0.2) is 0 Å². The summed E-state index contributed by atoms with van der Waals surface area (Å²) in [6.45, 7) is 0.999. The molecule has 0 saturated carbocycles. The van der Waals surface area contributed by atoms with Gasteiger partial charge >= 0.3 is 0 Å². The van der Waals surface area contributed by atoms with Gasteiger partial charge in [-0.25, -0.2) is 13.8 Å². The zero-order valence-electron chi connectivity index (χ0n) is 11.3. The summed E-state index contributed by atoms with van der Waals surface area (Å²) in [6.07, 6.45) is 2.93. The Balaban J connectivity index is 1.83. The standard InChI is InChI=1S/C13H20F2N4O/c14-11(15)9-19-8-5-17-12(19)1-2-13(20)18-6-3-10(16)4-7-18/h5,8,10-11H,1-4,6-7,9,16H2. The maximum absolute atomic E-state index is 12.4. The lowest BCUT2D eigenvalue weighted by Gasteiger charge is -2.30. The van der Waals surface area contributed by atoms with E-state index in [-0.39, 0.29) is 18.5 Å². The molecule has 1 aromatic heterocycles. The highest BCUT2D eigenvalue weighted by Gasteiger charge is 2.20. The van der Waals surface area contributed by atoms with Crippen molar-refractivity contribution in [1.29, 1.82) is 0 Å². The van der Waals surface area contributed by atoms with E-state index in [4.69, 9.17) is 5.73 Å². The normalized spacial score (nSPS) is 16.9. The Hall–Kier alpha value is -1.50. The van der Waals surface area contributed by atoms with E-state index in [1.54, 1.807) is 4.90 Å². The number of aromatic nitrogens is 2. The van der Waals surface area contributed by atoms with Crippen molar-refractivity contribution in [2.45, 2.75) is 44.7 Å². The highest BCUT2D eigenvalue weighted by molar-refractivity contribution is 5.76. The van der Waals surface area contributed by atoms with Gasteiger partial charge in [0.05, 0.1) is 6.54 Å². The Morgan fingerprint density at radius 2 is 2.15 bits per heavy atom. The summed E-state index contributed by atoms with van der Waals surface area (Å²) in [5.41, 5.74) is 5.79. The van der Waals surface area contributed by atoms with E-state index in [9.17, 15) is 13.6 Å². The van der Waals surface area contributed by atoms with Crippen molar-refractivity contribution in [3.8, 4) is 0 Å². The molecule has 1 aliphatic heterocycles. The minimum absolute atomic E-state index is 0.0449. The largest absolute Gasteiger partial charge is 0.343 e. The van der Waals surface area contributed by atoms with E-state index in [0.29, 0.717) is 31.8 Å². The lowest BCUT2D eigenvalue weighted by molar-refractivity contribution is -0.132. The molecule has 7 heteroatoms. The van der Waals surface area contributed by atoms with Crippen LogP contribution >= 0.6 is 0 Å². The van der Waals surface area contributed by atoms with Gasteiger partial charge in [0.25, 0.3) is 6.43 Å². The molecule has 112 valence electrons. The molecule has 5 nitrogen and oxygen atoms in total. The lowest BCUT2D eigenvalue weighted by atomic mass is 10.1. The third-order valence-electron chi connectivity index (χ3n) is 3.59. The van der Waals surface area contributed by atoms with E-state index >= 15 is 0 Å². The first kappa shape index (κ1) is 14.9. The average Bonchev–Trinajstić information content (AvgIpc) is 2.83. The predicted molar refractivity (Wildman–Crippen MR) is 70.3 cm³/mol. The van der Waals surface area contributed by atoms with Crippen molar-refractivity contribution in [2.75, 3.05) is 13.1 Å². The number of nitrogens with zero attached hydrogens (tertiary/aromatic N) is 3. The number of halogens is 2. The summed E-state index contributed by atoms with van der Waals surface area (Å²) >= 11 is 0. The van der Waals surface area contributed by atoms with Crippen LogP contribution in [0, 0.1) is 0 Å². The van der Waals surface area contributed by atoms with Crippen LogP contribution in [-0.4, -0.2) is 45.9 Å². The zero-order valence-corrected chi connectivity index (χ0v) is 11.3. The molecule has 1 saturated heterocycles. The molecule has 2 heterocycles. The van der Waals surface area contributed by atoms with Crippen molar-refractivity contribution >= 4 is 5.91 Å². The summed E-state index contributed by atoms with van der Waals surface area (Å²) in [6, 6.07) is 0.184. The lowest BCUT2D eigenvalue weighted by Crippen LogP contribution is -2.42. The fourth-order valence-electron chi connectivity index (χ4n) is 2.41.